The molecule has 0 saturated carbocycles. The van der Waals surface area contributed by atoms with Crippen molar-refractivity contribution in [3.63, 3.8) is 0 Å². The van der Waals surface area contributed by atoms with E-state index >= 15 is 4.39 Å². The van der Waals surface area contributed by atoms with Gasteiger partial charge in [0, 0.05) is 18.5 Å². The Bertz CT molecular complexity index is 1550. The lowest BCUT2D eigenvalue weighted by atomic mass is 9.84. The van der Waals surface area contributed by atoms with Crippen molar-refractivity contribution in [3.8, 4) is 0 Å². The molecule has 2 aromatic heterocycles. The summed E-state index contributed by atoms with van der Waals surface area (Å²) in [7, 11) is 0. The highest BCUT2D eigenvalue weighted by molar-refractivity contribution is 6.30. The third-order valence-electron chi connectivity index (χ3n) is 7.03. The molecule has 1 fully saturated rings. The Kier molecular flexibility index (Phi) is 7.43. The van der Waals surface area contributed by atoms with E-state index in [0.29, 0.717) is 34.1 Å². The number of nitrogens with one attached hydrogen (secondary N) is 1. The summed E-state index contributed by atoms with van der Waals surface area (Å²) in [5.74, 6) is -0.895. The second-order valence-electron chi connectivity index (χ2n) is 9.75. The normalized spacial score (nSPS) is 24.1. The highest BCUT2D eigenvalue weighted by Crippen LogP contribution is 2.51. The first-order valence-corrected chi connectivity index (χ1v) is 12.9. The number of carbonyl (C=O) groups is 2. The summed E-state index contributed by atoms with van der Waals surface area (Å²) in [5.41, 5.74) is -2.15. The monoisotopic (exact) mass is 567 g/mol. The van der Waals surface area contributed by atoms with Gasteiger partial charge in [0.25, 0.3) is 0 Å². The first-order chi connectivity index (χ1) is 19.1. The molecule has 208 valence electrons. The SMILES string of the molecule is CC(=O)O[C@]1(C)[C@@H](COC(=O)c2ccccc2)O[C@@H](n2cnc3c(NCc4cccc(Cl)c4)ncnc32)[C@]1(C)F. The lowest BCUT2D eigenvalue weighted by Gasteiger charge is -2.36. The quantitative estimate of drug-likeness (QED) is 0.297. The van der Waals surface area contributed by atoms with Crippen LogP contribution in [0.15, 0.2) is 67.3 Å². The van der Waals surface area contributed by atoms with Gasteiger partial charge in [-0.2, -0.15) is 0 Å². The molecule has 2 aromatic carbocycles. The van der Waals surface area contributed by atoms with Gasteiger partial charge in [-0.15, -0.1) is 0 Å². The number of anilines is 1. The topological polar surface area (TPSA) is 117 Å². The number of nitrogens with zero attached hydrogens (tertiary/aromatic N) is 4. The Hall–Kier alpha value is -4.09. The number of alkyl halides is 1. The summed E-state index contributed by atoms with van der Waals surface area (Å²) in [4.78, 5) is 37.6. The molecule has 1 aliphatic rings. The molecule has 40 heavy (non-hydrogen) atoms. The molecular formula is C28H27ClFN5O5. The van der Waals surface area contributed by atoms with Crippen LogP contribution in [0.5, 0.6) is 0 Å². The van der Waals surface area contributed by atoms with Crippen molar-refractivity contribution >= 4 is 40.5 Å². The van der Waals surface area contributed by atoms with Gasteiger partial charge >= 0.3 is 11.9 Å². The third-order valence-corrected chi connectivity index (χ3v) is 7.27. The Labute approximate surface area is 234 Å². The van der Waals surface area contributed by atoms with Gasteiger partial charge in [-0.25, -0.2) is 24.1 Å². The largest absolute Gasteiger partial charge is 0.459 e. The summed E-state index contributed by atoms with van der Waals surface area (Å²) in [6, 6.07) is 15.7. The van der Waals surface area contributed by atoms with Gasteiger partial charge in [0.1, 0.15) is 19.0 Å². The Morgan fingerprint density at radius 3 is 2.62 bits per heavy atom. The van der Waals surface area contributed by atoms with Crippen LogP contribution < -0.4 is 5.32 Å². The number of rotatable bonds is 8. The summed E-state index contributed by atoms with van der Waals surface area (Å²) in [6.07, 6.45) is 0.260. The number of aromatic nitrogens is 4. The van der Waals surface area contributed by atoms with Crippen LogP contribution in [0.4, 0.5) is 10.2 Å². The molecule has 1 aliphatic heterocycles. The van der Waals surface area contributed by atoms with Crippen LogP contribution in [-0.4, -0.2) is 55.4 Å². The fourth-order valence-corrected chi connectivity index (χ4v) is 4.97. The van der Waals surface area contributed by atoms with Gasteiger partial charge < -0.3 is 19.5 Å². The highest BCUT2D eigenvalue weighted by atomic mass is 35.5. The second kappa shape index (κ2) is 10.8. The molecular weight excluding hydrogens is 541 g/mol. The maximum absolute atomic E-state index is 16.7. The van der Waals surface area contributed by atoms with Gasteiger partial charge in [0.05, 0.1) is 11.9 Å². The van der Waals surface area contributed by atoms with Crippen LogP contribution in [0.2, 0.25) is 5.02 Å². The second-order valence-corrected chi connectivity index (χ2v) is 10.2. The summed E-state index contributed by atoms with van der Waals surface area (Å²) in [5, 5.41) is 3.82. The number of imidazole rings is 1. The smallest absolute Gasteiger partial charge is 0.338 e. The van der Waals surface area contributed by atoms with Crippen molar-refractivity contribution in [1.82, 2.24) is 19.5 Å². The van der Waals surface area contributed by atoms with Crippen molar-refractivity contribution in [3.05, 3.63) is 83.4 Å². The summed E-state index contributed by atoms with van der Waals surface area (Å²) >= 11 is 6.08. The average molecular weight is 568 g/mol. The number of esters is 2. The van der Waals surface area contributed by atoms with E-state index in [4.69, 9.17) is 25.8 Å². The van der Waals surface area contributed by atoms with Gasteiger partial charge in [-0.1, -0.05) is 41.9 Å². The van der Waals surface area contributed by atoms with E-state index < -0.39 is 35.5 Å². The molecule has 4 atom stereocenters. The number of halogens is 2. The molecule has 0 unspecified atom stereocenters. The zero-order valence-corrected chi connectivity index (χ0v) is 22.8. The van der Waals surface area contributed by atoms with Crippen LogP contribution in [-0.2, 0) is 25.5 Å². The van der Waals surface area contributed by atoms with Gasteiger partial charge in [-0.3, -0.25) is 9.36 Å². The van der Waals surface area contributed by atoms with Crippen LogP contribution >= 0.6 is 11.6 Å². The molecule has 0 radical (unpaired) electrons. The molecule has 0 bridgehead atoms. The first kappa shape index (κ1) is 27.5. The molecule has 0 spiro atoms. The predicted molar refractivity (Wildman–Crippen MR) is 144 cm³/mol. The van der Waals surface area contributed by atoms with E-state index in [1.165, 1.54) is 38.0 Å². The van der Waals surface area contributed by atoms with E-state index in [9.17, 15) is 9.59 Å². The molecule has 1 saturated heterocycles. The number of hydrogen-bond donors (Lipinski definition) is 1. The number of fused-ring (bicyclic) bond motifs is 1. The molecule has 5 rings (SSSR count). The minimum atomic E-state index is -2.28. The summed E-state index contributed by atoms with van der Waals surface area (Å²) in [6.45, 7) is 3.92. The molecule has 0 amide bonds. The molecule has 0 aliphatic carbocycles. The van der Waals surface area contributed by atoms with E-state index in [2.05, 4.69) is 20.3 Å². The summed E-state index contributed by atoms with van der Waals surface area (Å²) < 4.78 is 35.2. The number of benzene rings is 2. The van der Waals surface area contributed by atoms with Crippen molar-refractivity contribution in [2.45, 2.75) is 50.9 Å². The third kappa shape index (κ3) is 5.09. The Morgan fingerprint density at radius 2 is 1.90 bits per heavy atom. The minimum absolute atomic E-state index is 0.296. The lowest BCUT2D eigenvalue weighted by molar-refractivity contribution is -0.175. The van der Waals surface area contributed by atoms with Crippen molar-refractivity contribution in [2.24, 2.45) is 0 Å². The van der Waals surface area contributed by atoms with Crippen LogP contribution in [0, 0.1) is 0 Å². The maximum atomic E-state index is 16.7. The average Bonchev–Trinajstić information content (AvgIpc) is 3.43. The lowest BCUT2D eigenvalue weighted by Crippen LogP contribution is -2.55. The van der Waals surface area contributed by atoms with Gasteiger partial charge in [0.15, 0.2) is 34.5 Å². The standard InChI is InChI=1S/C28H27ClFN5O5/c1-17(36)40-28(3)21(14-38-25(37)19-9-5-4-6-10-19)39-26(27(28,2)30)35-16-34-22-23(32-15-33-24(22)35)31-13-18-8-7-11-20(29)12-18/h4-12,15-16,21,26H,13-14H2,1-3H3,(H,31,32,33)/t21-,26-,27+,28-/m1/s1. The fourth-order valence-electron chi connectivity index (χ4n) is 4.76. The number of carbonyl (C=O) groups excluding carboxylic acids is 2. The number of hydrogen-bond acceptors (Lipinski definition) is 9. The van der Waals surface area contributed by atoms with E-state index in [0.717, 1.165) is 5.56 Å². The van der Waals surface area contributed by atoms with Gasteiger partial charge in [-0.05, 0) is 43.7 Å². The van der Waals surface area contributed by atoms with E-state index in [1.807, 2.05) is 18.2 Å². The van der Waals surface area contributed by atoms with Crippen LogP contribution in [0.25, 0.3) is 11.2 Å². The fraction of sp³-hybridized carbons (Fsp3) is 0.321. The van der Waals surface area contributed by atoms with Crippen molar-refractivity contribution < 1.29 is 28.2 Å². The number of ether oxygens (including phenoxy) is 3. The molecule has 10 nitrogen and oxygen atoms in total. The zero-order valence-electron chi connectivity index (χ0n) is 22.0. The Balaban J connectivity index is 1.42. The van der Waals surface area contributed by atoms with Crippen molar-refractivity contribution in [2.75, 3.05) is 11.9 Å². The van der Waals surface area contributed by atoms with Gasteiger partial charge in [0.2, 0.25) is 0 Å². The van der Waals surface area contributed by atoms with Crippen LogP contribution in [0.3, 0.4) is 0 Å². The van der Waals surface area contributed by atoms with E-state index in [1.54, 1.807) is 36.4 Å². The molecule has 3 heterocycles. The molecule has 1 N–H and O–H groups in total. The molecule has 4 aromatic rings. The first-order valence-electron chi connectivity index (χ1n) is 12.5. The van der Waals surface area contributed by atoms with E-state index in [-0.39, 0.29) is 6.61 Å². The van der Waals surface area contributed by atoms with Crippen molar-refractivity contribution in [1.29, 1.82) is 0 Å². The maximum Gasteiger partial charge on any atom is 0.338 e. The molecule has 12 heteroatoms. The minimum Gasteiger partial charge on any atom is -0.459 e. The highest BCUT2D eigenvalue weighted by Gasteiger charge is 2.66. The Morgan fingerprint density at radius 1 is 1.12 bits per heavy atom. The predicted octanol–water partition coefficient (Wildman–Crippen LogP) is 4.90. The van der Waals surface area contributed by atoms with Crippen LogP contribution in [0.1, 0.15) is 42.9 Å². The zero-order chi connectivity index (χ0) is 28.5.